The van der Waals surface area contributed by atoms with Crippen LogP contribution in [0.2, 0.25) is 5.02 Å². The van der Waals surface area contributed by atoms with Gasteiger partial charge in [-0.3, -0.25) is 4.79 Å². The summed E-state index contributed by atoms with van der Waals surface area (Å²) >= 11 is 6.41. The van der Waals surface area contributed by atoms with Gasteiger partial charge >= 0.3 is 0 Å². The molecule has 2 N–H and O–H groups in total. The number of halogens is 1. The fraction of sp³-hybridized carbons (Fsp3) is 0.467. The number of aliphatic hydroxyl groups excluding tert-OH is 1. The number of carbonyl (C=O) groups is 1. The van der Waals surface area contributed by atoms with Gasteiger partial charge < -0.3 is 14.7 Å². The van der Waals surface area contributed by atoms with E-state index in [-0.39, 0.29) is 24.9 Å². The lowest BCUT2D eigenvalue weighted by Gasteiger charge is -2.30. The Bertz CT molecular complexity index is 600. The fourth-order valence-electron chi connectivity index (χ4n) is 2.76. The molecule has 2 heterocycles. The maximum absolute atomic E-state index is 11.4. The van der Waals surface area contributed by atoms with Gasteiger partial charge in [-0.15, -0.1) is 0 Å². The highest BCUT2D eigenvalue weighted by atomic mass is 35.5. The van der Waals surface area contributed by atoms with Gasteiger partial charge in [0.15, 0.2) is 0 Å². The Morgan fingerprint density at radius 2 is 2.18 bits per heavy atom. The normalized spacial score (nSPS) is 22.3. The van der Waals surface area contributed by atoms with E-state index in [0.29, 0.717) is 23.9 Å². The summed E-state index contributed by atoms with van der Waals surface area (Å²) in [7, 11) is 0. The van der Waals surface area contributed by atoms with E-state index in [1.165, 1.54) is 0 Å². The molecular formula is C15H18ClN3O3. The van der Waals surface area contributed by atoms with Gasteiger partial charge in [-0.25, -0.2) is 5.43 Å². The highest BCUT2D eigenvalue weighted by Gasteiger charge is 2.25. The van der Waals surface area contributed by atoms with Crippen LogP contribution in [0.3, 0.4) is 0 Å². The first-order valence-electron chi connectivity index (χ1n) is 7.29. The minimum Gasteiger partial charge on any atom is -0.396 e. The zero-order valence-electron chi connectivity index (χ0n) is 12.1. The molecular weight excluding hydrogens is 306 g/mol. The SMILES string of the molecule is O=C1CC(CO)C(c2ccc(N3CCOCC3)c(Cl)c2)=NN1. The number of nitrogens with one attached hydrogen (secondary N) is 1. The van der Waals surface area contributed by atoms with Crippen LogP contribution < -0.4 is 10.3 Å². The van der Waals surface area contributed by atoms with Crippen LogP contribution in [0.25, 0.3) is 0 Å². The van der Waals surface area contributed by atoms with Crippen LogP contribution in [0.1, 0.15) is 12.0 Å². The summed E-state index contributed by atoms with van der Waals surface area (Å²) in [5.41, 5.74) is 4.91. The summed E-state index contributed by atoms with van der Waals surface area (Å²) in [5, 5.41) is 14.2. The van der Waals surface area contributed by atoms with E-state index in [9.17, 15) is 9.90 Å². The number of morpholine rings is 1. The molecule has 7 heteroatoms. The number of hydrazone groups is 1. The van der Waals surface area contributed by atoms with Crippen molar-refractivity contribution in [1.29, 1.82) is 0 Å². The predicted molar refractivity (Wildman–Crippen MR) is 84.4 cm³/mol. The van der Waals surface area contributed by atoms with Gasteiger partial charge in [0.05, 0.1) is 36.2 Å². The van der Waals surface area contributed by atoms with Crippen LogP contribution in [-0.4, -0.2) is 49.6 Å². The second kappa shape index (κ2) is 6.64. The summed E-state index contributed by atoms with van der Waals surface area (Å²) in [6.07, 6.45) is 0.234. The van der Waals surface area contributed by atoms with Gasteiger partial charge in [-0.1, -0.05) is 17.7 Å². The number of hydrogen-bond acceptors (Lipinski definition) is 5. The van der Waals surface area contributed by atoms with E-state index >= 15 is 0 Å². The molecule has 0 aliphatic carbocycles. The van der Waals surface area contributed by atoms with E-state index < -0.39 is 0 Å². The molecule has 22 heavy (non-hydrogen) atoms. The molecule has 118 valence electrons. The predicted octanol–water partition coefficient (Wildman–Crippen LogP) is 1.01. The minimum atomic E-state index is -0.293. The van der Waals surface area contributed by atoms with Crippen molar-refractivity contribution in [3.63, 3.8) is 0 Å². The first kappa shape index (κ1) is 15.3. The van der Waals surface area contributed by atoms with Gasteiger partial charge in [-0.2, -0.15) is 5.10 Å². The highest BCUT2D eigenvalue weighted by Crippen LogP contribution is 2.29. The first-order chi connectivity index (χ1) is 10.7. The number of aliphatic hydroxyl groups is 1. The molecule has 0 bridgehead atoms. The lowest BCUT2D eigenvalue weighted by atomic mass is 9.93. The number of hydrogen-bond donors (Lipinski definition) is 2. The van der Waals surface area contributed by atoms with Crippen LogP contribution in [0, 0.1) is 5.92 Å². The summed E-state index contributed by atoms with van der Waals surface area (Å²) in [6.45, 7) is 2.91. The zero-order chi connectivity index (χ0) is 15.5. The third kappa shape index (κ3) is 3.09. The monoisotopic (exact) mass is 323 g/mol. The van der Waals surface area contributed by atoms with Crippen molar-refractivity contribution in [2.75, 3.05) is 37.8 Å². The number of anilines is 1. The second-order valence-corrected chi connectivity index (χ2v) is 5.79. The molecule has 1 fully saturated rings. The molecule has 6 nitrogen and oxygen atoms in total. The maximum atomic E-state index is 11.4. The Kier molecular flexibility index (Phi) is 4.61. The maximum Gasteiger partial charge on any atom is 0.240 e. The zero-order valence-corrected chi connectivity index (χ0v) is 12.8. The lowest BCUT2D eigenvalue weighted by Crippen LogP contribution is -2.36. The fourth-order valence-corrected chi connectivity index (χ4v) is 3.06. The quantitative estimate of drug-likeness (QED) is 0.870. The van der Waals surface area contributed by atoms with E-state index in [2.05, 4.69) is 15.4 Å². The standard InChI is InChI=1S/C15H18ClN3O3/c16-12-7-10(15-11(9-20)8-14(21)17-18-15)1-2-13(12)19-3-5-22-6-4-19/h1-2,7,11,20H,3-6,8-9H2,(H,17,21). The smallest absolute Gasteiger partial charge is 0.240 e. The summed E-state index contributed by atoms with van der Waals surface area (Å²) < 4.78 is 5.35. The van der Waals surface area contributed by atoms with Crippen LogP contribution in [-0.2, 0) is 9.53 Å². The Hall–Kier alpha value is -1.63. The summed E-state index contributed by atoms with van der Waals surface area (Å²) in [4.78, 5) is 13.5. The van der Waals surface area contributed by atoms with Gasteiger partial charge in [0.1, 0.15) is 0 Å². The minimum absolute atomic E-state index is 0.116. The van der Waals surface area contributed by atoms with Crippen molar-refractivity contribution in [3.05, 3.63) is 28.8 Å². The summed E-state index contributed by atoms with van der Waals surface area (Å²) in [6, 6.07) is 5.72. The second-order valence-electron chi connectivity index (χ2n) is 5.38. The third-order valence-corrected chi connectivity index (χ3v) is 4.24. The number of carbonyl (C=O) groups excluding carboxylic acids is 1. The molecule has 1 aromatic carbocycles. The van der Waals surface area contributed by atoms with Gasteiger partial charge in [0.25, 0.3) is 0 Å². The van der Waals surface area contributed by atoms with Gasteiger partial charge in [0.2, 0.25) is 5.91 Å². The number of amides is 1. The average Bonchev–Trinajstić information content (AvgIpc) is 2.55. The highest BCUT2D eigenvalue weighted by molar-refractivity contribution is 6.33. The molecule has 0 aromatic heterocycles. The largest absolute Gasteiger partial charge is 0.396 e. The van der Waals surface area contributed by atoms with E-state index in [1.54, 1.807) is 0 Å². The van der Waals surface area contributed by atoms with Crippen molar-refractivity contribution in [2.24, 2.45) is 11.0 Å². The molecule has 0 saturated carbocycles. The summed E-state index contributed by atoms with van der Waals surface area (Å²) in [5.74, 6) is -0.474. The van der Waals surface area contributed by atoms with Crippen LogP contribution in [0.15, 0.2) is 23.3 Å². The molecule has 2 aliphatic rings. The Morgan fingerprint density at radius 1 is 1.41 bits per heavy atom. The Morgan fingerprint density at radius 3 is 2.86 bits per heavy atom. The molecule has 0 radical (unpaired) electrons. The molecule has 2 aliphatic heterocycles. The molecule has 1 saturated heterocycles. The van der Waals surface area contributed by atoms with Gasteiger partial charge in [-0.05, 0) is 17.7 Å². The van der Waals surface area contributed by atoms with Gasteiger partial charge in [0, 0.05) is 25.4 Å². The van der Waals surface area contributed by atoms with Crippen LogP contribution in [0.4, 0.5) is 5.69 Å². The Labute approximate surface area is 133 Å². The molecule has 1 amide bonds. The number of ether oxygens (including phenoxy) is 1. The van der Waals surface area contributed by atoms with E-state index in [4.69, 9.17) is 16.3 Å². The topological polar surface area (TPSA) is 74.2 Å². The van der Waals surface area contributed by atoms with E-state index in [1.807, 2.05) is 18.2 Å². The molecule has 1 aromatic rings. The molecule has 1 unspecified atom stereocenters. The van der Waals surface area contributed by atoms with Crippen LogP contribution in [0.5, 0.6) is 0 Å². The van der Waals surface area contributed by atoms with Crippen molar-refractivity contribution in [3.8, 4) is 0 Å². The Balaban J connectivity index is 1.86. The molecule has 0 spiro atoms. The van der Waals surface area contributed by atoms with Crippen molar-refractivity contribution < 1.29 is 14.6 Å². The number of rotatable bonds is 3. The molecule has 1 atom stereocenters. The van der Waals surface area contributed by atoms with Crippen molar-refractivity contribution in [2.45, 2.75) is 6.42 Å². The van der Waals surface area contributed by atoms with Crippen molar-refractivity contribution in [1.82, 2.24) is 5.43 Å². The number of nitrogens with zero attached hydrogens (tertiary/aromatic N) is 2. The first-order valence-corrected chi connectivity index (χ1v) is 7.66. The van der Waals surface area contributed by atoms with Crippen LogP contribution >= 0.6 is 11.6 Å². The molecule has 3 rings (SSSR count). The third-order valence-electron chi connectivity index (χ3n) is 3.94. The average molecular weight is 324 g/mol. The van der Waals surface area contributed by atoms with Crippen molar-refractivity contribution >= 4 is 28.9 Å². The van der Waals surface area contributed by atoms with E-state index in [0.717, 1.165) is 24.3 Å². The lowest BCUT2D eigenvalue weighted by molar-refractivity contribution is -0.122. The number of benzene rings is 1.